The fourth-order valence-corrected chi connectivity index (χ4v) is 4.97. The first-order valence-electron chi connectivity index (χ1n) is 9.87. The minimum atomic E-state index is -0.689. The molecule has 0 aliphatic carbocycles. The number of ether oxygens (including phenoxy) is 1. The van der Waals surface area contributed by atoms with Crippen molar-refractivity contribution in [2.75, 3.05) is 49.1 Å². The van der Waals surface area contributed by atoms with E-state index in [4.69, 9.17) is 4.74 Å². The second kappa shape index (κ2) is 10.7. The third-order valence-corrected chi connectivity index (χ3v) is 6.55. The molecule has 9 nitrogen and oxygen atoms in total. The van der Waals surface area contributed by atoms with E-state index in [9.17, 15) is 18.8 Å². The minimum absolute atomic E-state index is 0.209. The Morgan fingerprint density at radius 3 is 2.56 bits per heavy atom. The molecule has 13 heteroatoms. The number of alkyl halides is 3. The number of hydrogen-bond acceptors (Lipinski definition) is 6. The number of rotatable bonds is 7. The molecular formula is C19H23Br3FN5O4. The zero-order valence-corrected chi connectivity index (χ0v) is 22.0. The molecule has 2 N–H and O–H groups in total. The molecular weight excluding hydrogens is 621 g/mol. The van der Waals surface area contributed by atoms with Crippen molar-refractivity contribution >= 4 is 77.6 Å². The molecule has 0 bridgehead atoms. The van der Waals surface area contributed by atoms with Crippen molar-refractivity contribution < 1.29 is 23.5 Å². The molecule has 0 aromatic heterocycles. The van der Waals surface area contributed by atoms with Crippen LogP contribution in [0.1, 0.15) is 6.92 Å². The van der Waals surface area contributed by atoms with E-state index in [1.54, 1.807) is 12.1 Å². The van der Waals surface area contributed by atoms with E-state index in [0.29, 0.717) is 44.0 Å². The van der Waals surface area contributed by atoms with Gasteiger partial charge in [-0.2, -0.15) is 0 Å². The van der Waals surface area contributed by atoms with Crippen LogP contribution < -0.4 is 20.4 Å². The van der Waals surface area contributed by atoms with Gasteiger partial charge in [0.05, 0.1) is 24.5 Å². The van der Waals surface area contributed by atoms with E-state index in [2.05, 4.69) is 63.3 Å². The molecule has 3 amide bonds. The van der Waals surface area contributed by atoms with Gasteiger partial charge in [-0.1, -0.05) is 47.8 Å². The number of hydrogen-bond donors (Lipinski definition) is 2. The molecule has 32 heavy (non-hydrogen) atoms. The van der Waals surface area contributed by atoms with Crippen LogP contribution in [0, 0.1) is 5.82 Å². The summed E-state index contributed by atoms with van der Waals surface area (Å²) in [5, 5.41) is 5.37. The smallest absolute Gasteiger partial charge is 0.414 e. The van der Waals surface area contributed by atoms with Crippen molar-refractivity contribution in [2.45, 2.75) is 21.3 Å². The average molecular weight is 644 g/mol. The average Bonchev–Trinajstić information content (AvgIpc) is 3.10. The van der Waals surface area contributed by atoms with Crippen LogP contribution in [0.15, 0.2) is 18.2 Å². The van der Waals surface area contributed by atoms with Crippen LogP contribution in [0.3, 0.4) is 0 Å². The molecule has 2 heterocycles. The van der Waals surface area contributed by atoms with Gasteiger partial charge in [0.2, 0.25) is 12.3 Å². The highest BCUT2D eigenvalue weighted by molar-refractivity contribution is 9.39. The molecule has 3 rings (SSSR count). The first-order valence-corrected chi connectivity index (χ1v) is 12.3. The number of piperazine rings is 1. The van der Waals surface area contributed by atoms with Gasteiger partial charge in [-0.25, -0.2) is 9.18 Å². The molecule has 0 spiro atoms. The number of halogens is 4. The van der Waals surface area contributed by atoms with E-state index in [1.807, 2.05) is 4.90 Å². The Bertz CT molecular complexity index is 864. The lowest BCUT2D eigenvalue weighted by Gasteiger charge is -2.42. The maximum Gasteiger partial charge on any atom is 0.414 e. The minimum Gasteiger partial charge on any atom is -0.442 e. The summed E-state index contributed by atoms with van der Waals surface area (Å²) in [6.45, 7) is 4.14. The Morgan fingerprint density at radius 1 is 1.31 bits per heavy atom. The SMILES string of the molecule is CC(=O)NCC1CN(c2ccc(N3CCN(C(NC=O)C(Br)(Br)Br)CC3)c(F)c2)C(=O)O1. The van der Waals surface area contributed by atoms with Crippen LogP contribution in [-0.4, -0.2) is 77.0 Å². The number of cyclic esters (lactones) is 1. The van der Waals surface area contributed by atoms with Crippen LogP contribution in [0.25, 0.3) is 0 Å². The van der Waals surface area contributed by atoms with Crippen molar-refractivity contribution in [2.24, 2.45) is 0 Å². The van der Waals surface area contributed by atoms with E-state index < -0.39 is 20.2 Å². The quantitative estimate of drug-likeness (QED) is 0.350. The molecule has 2 unspecified atom stereocenters. The van der Waals surface area contributed by atoms with Crippen molar-refractivity contribution in [3.8, 4) is 0 Å². The zero-order chi connectivity index (χ0) is 23.5. The first-order chi connectivity index (χ1) is 15.1. The van der Waals surface area contributed by atoms with Gasteiger partial charge in [0, 0.05) is 33.1 Å². The normalized spacial score (nSPS) is 20.7. The van der Waals surface area contributed by atoms with Gasteiger partial charge in [0.25, 0.3) is 0 Å². The molecule has 2 atom stereocenters. The maximum atomic E-state index is 15.0. The highest BCUT2D eigenvalue weighted by Gasteiger charge is 2.37. The van der Waals surface area contributed by atoms with Crippen molar-refractivity contribution in [3.63, 3.8) is 0 Å². The molecule has 1 aromatic rings. The monoisotopic (exact) mass is 641 g/mol. The Kier molecular flexibility index (Phi) is 8.39. The summed E-state index contributed by atoms with van der Waals surface area (Å²) in [4.78, 5) is 39.5. The lowest BCUT2D eigenvalue weighted by Crippen LogP contribution is -2.59. The summed E-state index contributed by atoms with van der Waals surface area (Å²) >= 11 is 10.4. The molecule has 0 radical (unpaired) electrons. The first kappa shape index (κ1) is 25.2. The summed E-state index contributed by atoms with van der Waals surface area (Å²) < 4.78 is 19.5. The van der Waals surface area contributed by atoms with Crippen LogP contribution in [0.5, 0.6) is 0 Å². The lowest BCUT2D eigenvalue weighted by atomic mass is 10.2. The molecule has 2 aliphatic rings. The number of nitrogens with one attached hydrogen (secondary N) is 2. The summed E-state index contributed by atoms with van der Waals surface area (Å²) in [7, 11) is 0. The number of benzene rings is 1. The third kappa shape index (κ3) is 6.12. The van der Waals surface area contributed by atoms with Gasteiger partial charge < -0.3 is 20.3 Å². The Morgan fingerprint density at radius 2 is 2.00 bits per heavy atom. The summed E-state index contributed by atoms with van der Waals surface area (Å²) in [6, 6.07) is 4.66. The summed E-state index contributed by atoms with van der Waals surface area (Å²) in [5.41, 5.74) is 0.844. The fourth-order valence-electron chi connectivity index (χ4n) is 3.71. The number of nitrogens with zero attached hydrogens (tertiary/aromatic N) is 3. The van der Waals surface area contributed by atoms with Crippen molar-refractivity contribution in [1.82, 2.24) is 15.5 Å². The zero-order valence-electron chi connectivity index (χ0n) is 17.2. The number of amides is 3. The second-order valence-corrected chi connectivity index (χ2v) is 14.4. The highest BCUT2D eigenvalue weighted by Crippen LogP contribution is 2.39. The molecule has 2 saturated heterocycles. The summed E-state index contributed by atoms with van der Waals surface area (Å²) in [5.74, 6) is -0.648. The Hall–Kier alpha value is -1.44. The topological polar surface area (TPSA) is 94.2 Å². The van der Waals surface area contributed by atoms with Crippen LogP contribution in [-0.2, 0) is 14.3 Å². The molecule has 0 saturated carbocycles. The predicted molar refractivity (Wildman–Crippen MR) is 129 cm³/mol. The highest BCUT2D eigenvalue weighted by atomic mass is 80.0. The van der Waals surface area contributed by atoms with E-state index in [0.717, 1.165) is 0 Å². The predicted octanol–water partition coefficient (Wildman–Crippen LogP) is 2.32. The van der Waals surface area contributed by atoms with Gasteiger partial charge in [-0.15, -0.1) is 0 Å². The Balaban J connectivity index is 1.63. The van der Waals surface area contributed by atoms with E-state index in [-0.39, 0.29) is 25.2 Å². The molecule has 176 valence electrons. The molecule has 2 fully saturated rings. The van der Waals surface area contributed by atoms with Gasteiger partial charge in [-0.05, 0) is 18.2 Å². The number of carbonyl (C=O) groups is 3. The van der Waals surface area contributed by atoms with Gasteiger partial charge >= 0.3 is 6.09 Å². The van der Waals surface area contributed by atoms with E-state index >= 15 is 0 Å². The van der Waals surface area contributed by atoms with Gasteiger partial charge in [-0.3, -0.25) is 19.4 Å². The standard InChI is InChI=1S/C19H23Br3FN5O4/c1-12(30)24-9-14-10-28(18(31)32-14)13-2-3-16(15(23)8-13)26-4-6-27(7-5-26)17(25-11-29)19(20,21)22/h2-3,8,11,14,17H,4-7,9-10H2,1H3,(H,24,30)(H,25,29). The number of anilines is 2. The largest absolute Gasteiger partial charge is 0.442 e. The Labute approximate surface area is 210 Å². The van der Waals surface area contributed by atoms with E-state index in [1.165, 1.54) is 17.9 Å². The third-order valence-electron chi connectivity index (χ3n) is 5.25. The van der Waals surface area contributed by atoms with Crippen LogP contribution in [0.4, 0.5) is 20.6 Å². The van der Waals surface area contributed by atoms with Crippen molar-refractivity contribution in [1.29, 1.82) is 0 Å². The summed E-state index contributed by atoms with van der Waals surface area (Å²) in [6.07, 6.45) is -0.767. The van der Waals surface area contributed by atoms with Crippen LogP contribution >= 0.6 is 47.8 Å². The second-order valence-electron chi connectivity index (χ2n) is 7.44. The number of carbonyl (C=O) groups excluding carboxylic acids is 3. The van der Waals surface area contributed by atoms with Gasteiger partial charge in [0.15, 0.2) is 2.14 Å². The van der Waals surface area contributed by atoms with Crippen LogP contribution in [0.2, 0.25) is 0 Å². The maximum absolute atomic E-state index is 15.0. The lowest BCUT2D eigenvalue weighted by molar-refractivity contribution is -0.119. The fraction of sp³-hybridized carbons (Fsp3) is 0.526. The molecule has 1 aromatic carbocycles. The molecule has 2 aliphatic heterocycles. The van der Waals surface area contributed by atoms with Crippen molar-refractivity contribution in [3.05, 3.63) is 24.0 Å². The van der Waals surface area contributed by atoms with Gasteiger partial charge in [0.1, 0.15) is 18.1 Å².